The Morgan fingerprint density at radius 2 is 2.36 bits per heavy atom. The van der Waals surface area contributed by atoms with Gasteiger partial charge in [0.05, 0.1) is 13.2 Å². The number of nitrogens with one attached hydrogen (secondary N) is 2. The van der Waals surface area contributed by atoms with E-state index in [1.165, 1.54) is 6.92 Å². The summed E-state index contributed by atoms with van der Waals surface area (Å²) >= 11 is 0. The Morgan fingerprint density at radius 3 is 2.86 bits per heavy atom. The van der Waals surface area contributed by atoms with Crippen molar-refractivity contribution in [1.29, 1.82) is 0 Å². The summed E-state index contributed by atoms with van der Waals surface area (Å²) in [7, 11) is 0. The molecule has 1 aliphatic rings. The van der Waals surface area contributed by atoms with Crippen LogP contribution < -0.4 is 10.6 Å². The van der Waals surface area contributed by atoms with Crippen molar-refractivity contribution in [2.45, 2.75) is 19.0 Å². The molecule has 0 aromatic heterocycles. The van der Waals surface area contributed by atoms with Crippen LogP contribution in [0.3, 0.4) is 0 Å². The maximum absolute atomic E-state index is 11.4. The van der Waals surface area contributed by atoms with Gasteiger partial charge in [-0.05, 0) is 6.92 Å². The molecule has 0 saturated carbocycles. The fourth-order valence-electron chi connectivity index (χ4n) is 1.11. The number of carboxylic acids is 1. The van der Waals surface area contributed by atoms with Crippen LogP contribution in [-0.4, -0.2) is 48.8 Å². The average molecular weight is 202 g/mol. The van der Waals surface area contributed by atoms with Crippen molar-refractivity contribution >= 4 is 11.9 Å². The van der Waals surface area contributed by atoms with Gasteiger partial charge >= 0.3 is 5.97 Å². The van der Waals surface area contributed by atoms with Crippen LogP contribution in [-0.2, 0) is 14.3 Å². The molecule has 0 bridgehead atoms. The van der Waals surface area contributed by atoms with Gasteiger partial charge in [0.2, 0.25) is 5.91 Å². The Balaban J connectivity index is 2.36. The summed E-state index contributed by atoms with van der Waals surface area (Å²) in [4.78, 5) is 21.8. The summed E-state index contributed by atoms with van der Waals surface area (Å²) < 4.78 is 5.07. The number of hydrogen-bond donors (Lipinski definition) is 3. The first-order valence-electron chi connectivity index (χ1n) is 4.45. The summed E-state index contributed by atoms with van der Waals surface area (Å²) in [6.45, 7) is 2.90. The molecule has 80 valence electrons. The number of aliphatic carboxylic acids is 1. The first-order valence-corrected chi connectivity index (χ1v) is 4.45. The third-order valence-electron chi connectivity index (χ3n) is 1.97. The van der Waals surface area contributed by atoms with Gasteiger partial charge < -0.3 is 20.5 Å². The third kappa shape index (κ3) is 2.97. The Kier molecular flexibility index (Phi) is 3.84. The van der Waals surface area contributed by atoms with E-state index in [9.17, 15) is 9.59 Å². The molecule has 0 aliphatic carbocycles. The third-order valence-corrected chi connectivity index (χ3v) is 1.97. The minimum absolute atomic E-state index is 0.290. The second-order valence-electron chi connectivity index (χ2n) is 3.15. The number of carboxylic acid groups (broad SMARTS) is 1. The van der Waals surface area contributed by atoms with E-state index in [1.807, 2.05) is 0 Å². The second-order valence-corrected chi connectivity index (χ2v) is 3.15. The first kappa shape index (κ1) is 10.9. The molecule has 1 rings (SSSR count). The first-order chi connectivity index (χ1) is 6.61. The van der Waals surface area contributed by atoms with Crippen molar-refractivity contribution < 1.29 is 19.4 Å². The van der Waals surface area contributed by atoms with E-state index in [0.29, 0.717) is 13.2 Å². The minimum Gasteiger partial charge on any atom is -0.480 e. The molecule has 1 amide bonds. The van der Waals surface area contributed by atoms with Gasteiger partial charge in [-0.1, -0.05) is 0 Å². The highest BCUT2D eigenvalue weighted by molar-refractivity contribution is 5.86. The van der Waals surface area contributed by atoms with E-state index >= 15 is 0 Å². The Bertz CT molecular complexity index is 225. The molecule has 0 aromatic carbocycles. The number of morpholine rings is 1. The highest BCUT2D eigenvalue weighted by atomic mass is 16.5. The van der Waals surface area contributed by atoms with Crippen LogP contribution in [0, 0.1) is 0 Å². The molecular formula is C8H14N2O4. The summed E-state index contributed by atoms with van der Waals surface area (Å²) in [5.41, 5.74) is 0. The molecule has 6 nitrogen and oxygen atoms in total. The monoisotopic (exact) mass is 202 g/mol. The smallest absolute Gasteiger partial charge is 0.325 e. The van der Waals surface area contributed by atoms with Gasteiger partial charge in [-0.3, -0.25) is 9.59 Å². The van der Waals surface area contributed by atoms with Crippen molar-refractivity contribution in [2.24, 2.45) is 0 Å². The molecule has 1 fully saturated rings. The van der Waals surface area contributed by atoms with Gasteiger partial charge in [0, 0.05) is 6.54 Å². The van der Waals surface area contributed by atoms with Gasteiger partial charge in [-0.15, -0.1) is 0 Å². The zero-order valence-corrected chi connectivity index (χ0v) is 7.95. The van der Waals surface area contributed by atoms with E-state index in [4.69, 9.17) is 9.84 Å². The van der Waals surface area contributed by atoms with Crippen LogP contribution in [0.2, 0.25) is 0 Å². The quantitative estimate of drug-likeness (QED) is 0.522. The van der Waals surface area contributed by atoms with E-state index in [-0.39, 0.29) is 12.5 Å². The second kappa shape index (κ2) is 4.92. The number of amides is 1. The molecule has 6 heteroatoms. The Hall–Kier alpha value is -1.14. The lowest BCUT2D eigenvalue weighted by Gasteiger charge is -2.23. The van der Waals surface area contributed by atoms with E-state index in [2.05, 4.69) is 10.6 Å². The van der Waals surface area contributed by atoms with E-state index in [1.54, 1.807) is 0 Å². The SMILES string of the molecule is CC(NC(=O)C1COCCN1)C(=O)O. The Morgan fingerprint density at radius 1 is 1.64 bits per heavy atom. The van der Waals surface area contributed by atoms with Crippen LogP contribution in [0.15, 0.2) is 0 Å². The fourth-order valence-corrected chi connectivity index (χ4v) is 1.11. The zero-order valence-electron chi connectivity index (χ0n) is 7.95. The summed E-state index contributed by atoms with van der Waals surface area (Å²) in [6.07, 6.45) is 0. The molecule has 3 N–H and O–H groups in total. The van der Waals surface area contributed by atoms with E-state index < -0.39 is 18.1 Å². The van der Waals surface area contributed by atoms with Gasteiger partial charge in [0.25, 0.3) is 0 Å². The minimum atomic E-state index is -1.05. The number of carbonyl (C=O) groups is 2. The molecule has 1 heterocycles. The van der Waals surface area contributed by atoms with Crippen molar-refractivity contribution in [3.63, 3.8) is 0 Å². The van der Waals surface area contributed by atoms with Gasteiger partial charge in [0.1, 0.15) is 12.1 Å². The predicted octanol–water partition coefficient (Wildman–Crippen LogP) is -1.44. The zero-order chi connectivity index (χ0) is 10.6. The predicted molar refractivity (Wildman–Crippen MR) is 47.9 cm³/mol. The molecule has 0 radical (unpaired) electrons. The standard InChI is InChI=1S/C8H14N2O4/c1-5(8(12)13)10-7(11)6-4-14-3-2-9-6/h5-6,9H,2-4H2,1H3,(H,10,11)(H,12,13). The molecule has 1 saturated heterocycles. The normalized spacial score (nSPS) is 23.9. The number of hydrogen-bond acceptors (Lipinski definition) is 4. The lowest BCUT2D eigenvalue weighted by molar-refractivity contribution is -0.142. The summed E-state index contributed by atoms with van der Waals surface area (Å²) in [6, 6.07) is -1.31. The van der Waals surface area contributed by atoms with Crippen molar-refractivity contribution in [1.82, 2.24) is 10.6 Å². The van der Waals surface area contributed by atoms with Crippen LogP contribution in [0.25, 0.3) is 0 Å². The maximum Gasteiger partial charge on any atom is 0.325 e. The number of ether oxygens (including phenoxy) is 1. The lowest BCUT2D eigenvalue weighted by atomic mass is 10.2. The fraction of sp³-hybridized carbons (Fsp3) is 0.750. The molecule has 2 unspecified atom stereocenters. The van der Waals surface area contributed by atoms with Crippen LogP contribution in [0.5, 0.6) is 0 Å². The van der Waals surface area contributed by atoms with Gasteiger partial charge in [-0.25, -0.2) is 0 Å². The largest absolute Gasteiger partial charge is 0.480 e. The summed E-state index contributed by atoms with van der Waals surface area (Å²) in [5, 5.41) is 13.9. The molecule has 14 heavy (non-hydrogen) atoms. The Labute approximate surface area is 81.6 Å². The van der Waals surface area contributed by atoms with Crippen LogP contribution in [0.4, 0.5) is 0 Å². The van der Waals surface area contributed by atoms with Crippen molar-refractivity contribution in [3.8, 4) is 0 Å². The lowest BCUT2D eigenvalue weighted by Crippen LogP contribution is -2.54. The molecule has 1 aliphatic heterocycles. The van der Waals surface area contributed by atoms with Crippen molar-refractivity contribution in [2.75, 3.05) is 19.8 Å². The average Bonchev–Trinajstić information content (AvgIpc) is 2.19. The summed E-state index contributed by atoms with van der Waals surface area (Å²) in [5.74, 6) is -1.38. The van der Waals surface area contributed by atoms with Gasteiger partial charge in [0.15, 0.2) is 0 Å². The maximum atomic E-state index is 11.4. The highest BCUT2D eigenvalue weighted by Crippen LogP contribution is 1.94. The van der Waals surface area contributed by atoms with Gasteiger partial charge in [-0.2, -0.15) is 0 Å². The molecular weight excluding hydrogens is 188 g/mol. The van der Waals surface area contributed by atoms with Crippen molar-refractivity contribution in [3.05, 3.63) is 0 Å². The molecule has 2 atom stereocenters. The number of carbonyl (C=O) groups excluding carboxylic acids is 1. The highest BCUT2D eigenvalue weighted by Gasteiger charge is 2.23. The molecule has 0 aromatic rings. The van der Waals surface area contributed by atoms with Crippen LogP contribution in [0.1, 0.15) is 6.92 Å². The molecule has 0 spiro atoms. The topological polar surface area (TPSA) is 87.7 Å². The van der Waals surface area contributed by atoms with Crippen LogP contribution >= 0.6 is 0 Å². The number of rotatable bonds is 3. The van der Waals surface area contributed by atoms with E-state index in [0.717, 1.165) is 0 Å².